The van der Waals surface area contributed by atoms with E-state index in [4.69, 9.17) is 27.7 Å². The van der Waals surface area contributed by atoms with Crippen molar-refractivity contribution in [1.29, 1.82) is 5.26 Å². The first kappa shape index (κ1) is 18.8. The molecule has 0 heterocycles. The van der Waals surface area contributed by atoms with Crippen LogP contribution in [0.5, 0.6) is 0 Å². The third kappa shape index (κ3) is 4.62. The van der Waals surface area contributed by atoms with Crippen LogP contribution in [-0.2, 0) is 6.18 Å². The zero-order valence-corrected chi connectivity index (χ0v) is 13.2. The Morgan fingerprint density at radius 1 is 1.39 bits per heavy atom. The minimum atomic E-state index is -4.78. The molecular formula is C13H5BrClF4N3O. The second-order valence-corrected chi connectivity index (χ2v) is 4.98. The van der Waals surface area contributed by atoms with Crippen molar-refractivity contribution in [3.8, 4) is 18.1 Å². The van der Waals surface area contributed by atoms with Crippen molar-refractivity contribution in [3.63, 3.8) is 0 Å². The first-order chi connectivity index (χ1) is 10.6. The fourth-order valence-electron chi connectivity index (χ4n) is 1.33. The van der Waals surface area contributed by atoms with Crippen LogP contribution in [-0.4, -0.2) is 9.73 Å². The molecule has 0 unspecified atom stereocenters. The van der Waals surface area contributed by atoms with E-state index in [0.717, 1.165) is 0 Å². The molecule has 0 saturated heterocycles. The maximum absolute atomic E-state index is 13.8. The predicted octanol–water partition coefficient (Wildman–Crippen LogP) is 3.99. The van der Waals surface area contributed by atoms with E-state index in [1.54, 1.807) is 0 Å². The van der Waals surface area contributed by atoms with Crippen molar-refractivity contribution in [2.75, 3.05) is 0 Å². The molecule has 0 fully saturated rings. The number of hydrogen-bond acceptors (Lipinski definition) is 4. The molecule has 1 aromatic carbocycles. The van der Waals surface area contributed by atoms with Gasteiger partial charge in [-0.25, -0.2) is 9.38 Å². The summed E-state index contributed by atoms with van der Waals surface area (Å²) in [6, 6.07) is 2.25. The van der Waals surface area contributed by atoms with E-state index in [9.17, 15) is 17.6 Å². The quantitative estimate of drug-likeness (QED) is 0.335. The number of nitriles is 1. The molecule has 0 aliphatic heterocycles. The van der Waals surface area contributed by atoms with Gasteiger partial charge in [0.1, 0.15) is 28.2 Å². The van der Waals surface area contributed by atoms with Crippen molar-refractivity contribution in [1.82, 2.24) is 0 Å². The Bertz CT molecular complexity index is 777. The minimum absolute atomic E-state index is 0.222. The zero-order valence-electron chi connectivity index (χ0n) is 10.8. The van der Waals surface area contributed by atoms with E-state index < -0.39 is 34.0 Å². The van der Waals surface area contributed by atoms with Gasteiger partial charge in [0.05, 0.1) is 16.2 Å². The molecule has 4 nitrogen and oxygen atoms in total. The van der Waals surface area contributed by atoms with E-state index in [1.165, 1.54) is 12.2 Å². The van der Waals surface area contributed by atoms with E-state index in [-0.39, 0.29) is 16.3 Å². The molecule has 1 rings (SSSR count). The number of nitrogens with zero attached hydrogens (tertiary/aromatic N) is 2. The van der Waals surface area contributed by atoms with Crippen molar-refractivity contribution in [2.24, 2.45) is 10.7 Å². The van der Waals surface area contributed by atoms with E-state index in [2.05, 4.69) is 20.9 Å². The topological polar surface area (TPSA) is 82.4 Å². The first-order valence-corrected chi connectivity index (χ1v) is 6.64. The number of rotatable bonds is 2. The molecule has 0 bridgehead atoms. The number of aliphatic imine (C=N–C) groups is 1. The highest BCUT2D eigenvalue weighted by Gasteiger charge is 2.32. The lowest BCUT2D eigenvalue weighted by atomic mass is 10.2. The number of halogens is 6. The first-order valence-electron chi connectivity index (χ1n) is 5.47. The molecular weight excluding hydrogens is 406 g/mol. The molecule has 0 atom stereocenters. The fraction of sp³-hybridized carbons (Fsp3) is 0.0769. The molecule has 0 saturated carbocycles. The summed E-state index contributed by atoms with van der Waals surface area (Å²) in [6.45, 7) is 0. The number of aliphatic hydroxyl groups is 1. The molecule has 23 heavy (non-hydrogen) atoms. The van der Waals surface area contributed by atoms with Crippen LogP contribution in [0, 0.1) is 29.2 Å². The number of aliphatic hydroxyl groups excluding tert-OH is 1. The van der Waals surface area contributed by atoms with Gasteiger partial charge in [0.25, 0.3) is 0 Å². The summed E-state index contributed by atoms with van der Waals surface area (Å²) >= 11 is 8.46. The summed E-state index contributed by atoms with van der Waals surface area (Å²) in [5.74, 6) is 0.703. The van der Waals surface area contributed by atoms with Gasteiger partial charge in [-0.3, -0.25) is 0 Å². The van der Waals surface area contributed by atoms with Gasteiger partial charge in [-0.05, 0) is 34.0 Å². The van der Waals surface area contributed by atoms with Crippen LogP contribution in [0.15, 0.2) is 28.4 Å². The van der Waals surface area contributed by atoms with Crippen LogP contribution in [0.1, 0.15) is 5.56 Å². The molecule has 0 aliphatic rings. The number of benzene rings is 1. The van der Waals surface area contributed by atoms with Crippen LogP contribution >= 0.6 is 27.5 Å². The van der Waals surface area contributed by atoms with Crippen molar-refractivity contribution in [2.45, 2.75) is 6.18 Å². The smallest absolute Gasteiger partial charge is 0.416 e. The Morgan fingerprint density at radius 2 is 2.00 bits per heavy atom. The molecule has 120 valence electrons. The Kier molecular flexibility index (Phi) is 6.02. The standard InChI is InChI=1S/C13H5BrClF4N3O/c14-12(7(1-2-23)10(21)5-20)22-11-8(15)3-6(4-9(11)16)13(17,18)19/h3-4,23H,21H2. The lowest BCUT2D eigenvalue weighted by molar-refractivity contribution is -0.137. The predicted molar refractivity (Wildman–Crippen MR) is 79.0 cm³/mol. The molecule has 0 spiro atoms. The summed E-state index contributed by atoms with van der Waals surface area (Å²) < 4.78 is 51.2. The largest absolute Gasteiger partial charge is 0.462 e. The van der Waals surface area contributed by atoms with Crippen LogP contribution in [0.3, 0.4) is 0 Å². The highest BCUT2D eigenvalue weighted by Crippen LogP contribution is 2.37. The Labute approximate surface area is 141 Å². The summed E-state index contributed by atoms with van der Waals surface area (Å²) in [5, 5.41) is 16.7. The maximum Gasteiger partial charge on any atom is 0.416 e. The summed E-state index contributed by atoms with van der Waals surface area (Å²) in [7, 11) is 0. The van der Waals surface area contributed by atoms with Gasteiger partial charge < -0.3 is 10.8 Å². The molecule has 1 aromatic rings. The average molecular weight is 411 g/mol. The second-order valence-electron chi connectivity index (χ2n) is 3.83. The van der Waals surface area contributed by atoms with Gasteiger partial charge >= 0.3 is 6.18 Å². The maximum atomic E-state index is 13.8. The van der Waals surface area contributed by atoms with Crippen LogP contribution in [0.4, 0.5) is 23.2 Å². The molecule has 0 aromatic heterocycles. The highest BCUT2D eigenvalue weighted by molar-refractivity contribution is 9.18. The summed E-state index contributed by atoms with van der Waals surface area (Å²) in [6.07, 6.45) is -3.29. The monoisotopic (exact) mass is 409 g/mol. The van der Waals surface area contributed by atoms with Crippen LogP contribution < -0.4 is 5.73 Å². The molecule has 0 amide bonds. The number of alkyl halides is 3. The lowest BCUT2D eigenvalue weighted by Gasteiger charge is -2.09. The number of nitrogens with two attached hydrogens (primary N) is 1. The van der Waals surface area contributed by atoms with E-state index >= 15 is 0 Å². The Hall–Kier alpha value is -2.23. The highest BCUT2D eigenvalue weighted by atomic mass is 79.9. The average Bonchev–Trinajstić information content (AvgIpc) is 2.46. The van der Waals surface area contributed by atoms with Crippen molar-refractivity contribution in [3.05, 3.63) is 39.8 Å². The third-order valence-electron chi connectivity index (χ3n) is 2.33. The molecule has 3 N–H and O–H groups in total. The fourth-order valence-corrected chi connectivity index (χ4v) is 2.07. The van der Waals surface area contributed by atoms with Gasteiger partial charge in [0.2, 0.25) is 0 Å². The molecule has 10 heteroatoms. The number of allylic oxidation sites excluding steroid dienone is 2. The lowest BCUT2D eigenvalue weighted by Crippen LogP contribution is -2.06. The third-order valence-corrected chi connectivity index (χ3v) is 3.19. The minimum Gasteiger partial charge on any atom is -0.462 e. The van der Waals surface area contributed by atoms with Gasteiger partial charge in [0.15, 0.2) is 5.82 Å². The number of hydrogen-bond donors (Lipinski definition) is 2. The summed E-state index contributed by atoms with van der Waals surface area (Å²) in [5.41, 5.74) is 2.70. The molecule has 0 aliphatic carbocycles. The normalized spacial score (nSPS) is 12.8. The second kappa shape index (κ2) is 7.36. The van der Waals surface area contributed by atoms with Crippen molar-refractivity contribution < 1.29 is 22.7 Å². The van der Waals surface area contributed by atoms with Gasteiger partial charge in [-0.1, -0.05) is 11.6 Å². The zero-order chi connectivity index (χ0) is 17.8. The Balaban J connectivity index is 3.49. The van der Waals surface area contributed by atoms with Gasteiger partial charge in [-0.15, -0.1) is 0 Å². The van der Waals surface area contributed by atoms with E-state index in [0.29, 0.717) is 6.07 Å². The SMILES string of the molecule is N#CC(N)=C(C#CO)C(Br)=Nc1c(F)cc(C(F)(F)F)cc1Cl. The van der Waals surface area contributed by atoms with Crippen molar-refractivity contribution >= 4 is 37.8 Å². The van der Waals surface area contributed by atoms with Gasteiger partial charge in [0, 0.05) is 0 Å². The van der Waals surface area contributed by atoms with E-state index in [1.807, 2.05) is 5.92 Å². The van der Waals surface area contributed by atoms with Gasteiger partial charge in [-0.2, -0.15) is 18.4 Å². The van der Waals surface area contributed by atoms with Crippen LogP contribution in [0.2, 0.25) is 5.02 Å². The Morgan fingerprint density at radius 3 is 2.43 bits per heavy atom. The summed E-state index contributed by atoms with van der Waals surface area (Å²) in [4.78, 5) is 3.63. The molecule has 0 radical (unpaired) electrons. The van der Waals surface area contributed by atoms with Crippen LogP contribution in [0.25, 0.3) is 0 Å².